The Morgan fingerprint density at radius 2 is 1.92 bits per heavy atom. The van der Waals surface area contributed by atoms with Gasteiger partial charge >= 0.3 is 0 Å². The summed E-state index contributed by atoms with van der Waals surface area (Å²) in [5.41, 5.74) is 8.28. The predicted molar refractivity (Wildman–Crippen MR) is 93.2 cm³/mol. The Hall–Kier alpha value is -2.87. The number of nitrogens with zero attached hydrogens (tertiary/aromatic N) is 3. The first kappa shape index (κ1) is 16.0. The van der Waals surface area contributed by atoms with E-state index in [1.165, 1.54) is 18.7 Å². The van der Waals surface area contributed by atoms with Crippen LogP contribution in [0.25, 0.3) is 5.65 Å². The third kappa shape index (κ3) is 3.54. The number of nitrogens with two attached hydrogens (primary N) is 1. The lowest BCUT2D eigenvalue weighted by Crippen LogP contribution is -2.07. The lowest BCUT2D eigenvalue weighted by Gasteiger charge is -2.04. The number of fused-ring (bicyclic) bond motifs is 1. The maximum absolute atomic E-state index is 12.3. The SMILES string of the molecule is CC(=O)Nc1ccc(C(=O)CSc2nnc3ccc(N)cn23)cc1. The van der Waals surface area contributed by atoms with Crippen molar-refractivity contribution in [3.05, 3.63) is 48.2 Å². The van der Waals surface area contributed by atoms with Crippen LogP contribution in [0.2, 0.25) is 0 Å². The first-order valence-corrected chi connectivity index (χ1v) is 8.15. The Kier molecular flexibility index (Phi) is 4.48. The van der Waals surface area contributed by atoms with Crippen molar-refractivity contribution in [2.24, 2.45) is 0 Å². The molecule has 2 heterocycles. The monoisotopic (exact) mass is 341 g/mol. The van der Waals surface area contributed by atoms with E-state index in [1.54, 1.807) is 47.0 Å². The molecule has 7 nitrogen and oxygen atoms in total. The number of aromatic nitrogens is 3. The fraction of sp³-hybridized carbons (Fsp3) is 0.125. The quantitative estimate of drug-likeness (QED) is 0.545. The standard InChI is InChI=1S/C16H15N5O2S/c1-10(22)18-13-5-2-11(3-6-13)14(23)9-24-16-20-19-15-7-4-12(17)8-21(15)16/h2-8H,9,17H2,1H3,(H,18,22). The molecule has 0 aliphatic heterocycles. The highest BCUT2D eigenvalue weighted by molar-refractivity contribution is 7.99. The van der Waals surface area contributed by atoms with Gasteiger partial charge in [0.15, 0.2) is 16.6 Å². The summed E-state index contributed by atoms with van der Waals surface area (Å²) in [5.74, 6) is 0.0485. The lowest BCUT2D eigenvalue weighted by molar-refractivity contribution is -0.114. The molecular formula is C16H15N5O2S. The second-order valence-electron chi connectivity index (χ2n) is 5.14. The number of carbonyl (C=O) groups excluding carboxylic acids is 2. The van der Waals surface area contributed by atoms with Gasteiger partial charge in [0.2, 0.25) is 5.91 Å². The number of nitrogen functional groups attached to an aromatic ring is 1. The van der Waals surface area contributed by atoms with Gasteiger partial charge < -0.3 is 11.1 Å². The second kappa shape index (κ2) is 6.71. The van der Waals surface area contributed by atoms with Crippen molar-refractivity contribution in [2.45, 2.75) is 12.1 Å². The number of benzene rings is 1. The van der Waals surface area contributed by atoms with Gasteiger partial charge in [0.1, 0.15) is 0 Å². The first-order chi connectivity index (χ1) is 11.5. The van der Waals surface area contributed by atoms with Crippen molar-refractivity contribution >= 4 is 40.5 Å². The fourth-order valence-corrected chi connectivity index (χ4v) is 2.95. The summed E-state index contributed by atoms with van der Waals surface area (Å²) in [6.07, 6.45) is 1.73. The van der Waals surface area contributed by atoms with Crippen molar-refractivity contribution < 1.29 is 9.59 Å². The summed E-state index contributed by atoms with van der Waals surface area (Å²) in [5, 5.41) is 11.4. The molecule has 2 aromatic heterocycles. The number of amides is 1. The molecule has 0 saturated heterocycles. The number of anilines is 2. The maximum atomic E-state index is 12.3. The molecule has 0 spiro atoms. The zero-order valence-corrected chi connectivity index (χ0v) is 13.7. The van der Waals surface area contributed by atoms with Gasteiger partial charge in [-0.25, -0.2) is 0 Å². The normalized spacial score (nSPS) is 10.7. The molecule has 0 bridgehead atoms. The molecule has 3 N–H and O–H groups in total. The molecule has 0 fully saturated rings. The van der Waals surface area contributed by atoms with Crippen LogP contribution in [0.1, 0.15) is 17.3 Å². The van der Waals surface area contributed by atoms with Gasteiger partial charge in [0.05, 0.1) is 5.75 Å². The van der Waals surface area contributed by atoms with Crippen molar-refractivity contribution in [3.8, 4) is 0 Å². The van der Waals surface area contributed by atoms with Crippen LogP contribution in [0.15, 0.2) is 47.8 Å². The second-order valence-corrected chi connectivity index (χ2v) is 6.09. The van der Waals surface area contributed by atoms with Crippen LogP contribution in [0.3, 0.4) is 0 Å². The Morgan fingerprint density at radius 3 is 2.62 bits per heavy atom. The number of hydrogen-bond donors (Lipinski definition) is 2. The molecule has 0 unspecified atom stereocenters. The molecule has 0 saturated carbocycles. The molecule has 0 radical (unpaired) electrons. The number of ketones is 1. The van der Waals surface area contributed by atoms with E-state index < -0.39 is 0 Å². The smallest absolute Gasteiger partial charge is 0.221 e. The van der Waals surface area contributed by atoms with Crippen LogP contribution < -0.4 is 11.1 Å². The van der Waals surface area contributed by atoms with Gasteiger partial charge in [-0.3, -0.25) is 14.0 Å². The minimum atomic E-state index is -0.150. The molecule has 0 atom stereocenters. The Labute approximate surface area is 142 Å². The van der Waals surface area contributed by atoms with Crippen molar-refractivity contribution in [3.63, 3.8) is 0 Å². The summed E-state index contributed by atoms with van der Waals surface area (Å²) >= 11 is 1.30. The van der Waals surface area contributed by atoms with E-state index in [9.17, 15) is 9.59 Å². The zero-order valence-electron chi connectivity index (χ0n) is 12.9. The van der Waals surface area contributed by atoms with E-state index >= 15 is 0 Å². The van der Waals surface area contributed by atoms with E-state index in [2.05, 4.69) is 15.5 Å². The van der Waals surface area contributed by atoms with E-state index in [0.717, 1.165) is 0 Å². The van der Waals surface area contributed by atoms with Gasteiger partial charge in [-0.2, -0.15) is 0 Å². The summed E-state index contributed by atoms with van der Waals surface area (Å²) < 4.78 is 1.76. The molecule has 8 heteroatoms. The number of rotatable bonds is 5. The molecule has 1 amide bonds. The highest BCUT2D eigenvalue weighted by atomic mass is 32.2. The number of Topliss-reactive ketones (excluding diaryl/α,β-unsaturated/α-hetero) is 1. The number of carbonyl (C=O) groups is 2. The molecule has 1 aromatic carbocycles. The van der Waals surface area contributed by atoms with Crippen LogP contribution in [0.5, 0.6) is 0 Å². The van der Waals surface area contributed by atoms with Gasteiger partial charge in [-0.15, -0.1) is 10.2 Å². The molecule has 3 aromatic rings. The molecule has 3 rings (SSSR count). The van der Waals surface area contributed by atoms with E-state index in [0.29, 0.717) is 27.7 Å². The average molecular weight is 341 g/mol. The van der Waals surface area contributed by atoms with Crippen LogP contribution >= 0.6 is 11.8 Å². The van der Waals surface area contributed by atoms with Crippen molar-refractivity contribution in [1.82, 2.24) is 14.6 Å². The van der Waals surface area contributed by atoms with Gasteiger partial charge in [-0.05, 0) is 36.4 Å². The number of nitrogens with one attached hydrogen (secondary N) is 1. The largest absolute Gasteiger partial charge is 0.398 e. The first-order valence-electron chi connectivity index (χ1n) is 7.17. The van der Waals surface area contributed by atoms with Crippen LogP contribution in [-0.2, 0) is 4.79 Å². The van der Waals surface area contributed by atoms with Crippen LogP contribution in [0, 0.1) is 0 Å². The zero-order chi connectivity index (χ0) is 17.1. The molecule has 122 valence electrons. The van der Waals surface area contributed by atoms with Crippen LogP contribution in [0.4, 0.5) is 11.4 Å². The highest BCUT2D eigenvalue weighted by Gasteiger charge is 2.11. The molecule has 0 aliphatic carbocycles. The summed E-state index contributed by atoms with van der Waals surface area (Å²) in [6.45, 7) is 1.44. The van der Waals surface area contributed by atoms with Gasteiger partial charge in [-0.1, -0.05) is 11.8 Å². The molecular weight excluding hydrogens is 326 g/mol. The maximum Gasteiger partial charge on any atom is 0.221 e. The number of thioether (sulfide) groups is 1. The van der Waals surface area contributed by atoms with Gasteiger partial charge in [0, 0.05) is 30.1 Å². The van der Waals surface area contributed by atoms with Crippen molar-refractivity contribution in [1.29, 1.82) is 0 Å². The number of hydrogen-bond acceptors (Lipinski definition) is 6. The molecule has 0 aliphatic rings. The third-order valence-corrected chi connectivity index (χ3v) is 4.20. The molecule has 24 heavy (non-hydrogen) atoms. The summed E-state index contributed by atoms with van der Waals surface area (Å²) in [7, 11) is 0. The van der Waals surface area contributed by atoms with E-state index in [1.807, 2.05) is 0 Å². The average Bonchev–Trinajstić information content (AvgIpc) is 2.95. The summed E-state index contributed by atoms with van der Waals surface area (Å²) in [4.78, 5) is 23.3. The lowest BCUT2D eigenvalue weighted by atomic mass is 10.1. The predicted octanol–water partition coefficient (Wildman–Crippen LogP) is 2.24. The van der Waals surface area contributed by atoms with Gasteiger partial charge in [0.25, 0.3) is 0 Å². The highest BCUT2D eigenvalue weighted by Crippen LogP contribution is 2.20. The van der Waals surface area contributed by atoms with Crippen molar-refractivity contribution in [2.75, 3.05) is 16.8 Å². The Morgan fingerprint density at radius 1 is 1.17 bits per heavy atom. The van der Waals surface area contributed by atoms with Crippen LogP contribution in [-0.4, -0.2) is 32.0 Å². The van der Waals surface area contributed by atoms with E-state index in [4.69, 9.17) is 5.73 Å². The topological polar surface area (TPSA) is 102 Å². The Bertz CT molecular complexity index is 904. The fourth-order valence-electron chi connectivity index (χ4n) is 2.14. The van der Waals surface area contributed by atoms with E-state index in [-0.39, 0.29) is 17.4 Å². The summed E-state index contributed by atoms with van der Waals surface area (Å²) in [6, 6.07) is 10.3. The Balaban J connectivity index is 1.68. The third-order valence-electron chi connectivity index (χ3n) is 3.25. The minimum Gasteiger partial charge on any atom is -0.398 e. The minimum absolute atomic E-state index is 0.0324. The number of pyridine rings is 1.